The third-order valence-corrected chi connectivity index (χ3v) is 10.5. The van der Waals surface area contributed by atoms with Crippen LogP contribution in [0.15, 0.2) is 53.4 Å². The topological polar surface area (TPSA) is 96.9 Å². The van der Waals surface area contributed by atoms with Gasteiger partial charge in [-0.2, -0.15) is 4.98 Å². The monoisotopic (exact) mass is 643 g/mol. The van der Waals surface area contributed by atoms with Crippen LogP contribution >= 0.6 is 11.9 Å². The van der Waals surface area contributed by atoms with Gasteiger partial charge in [-0.25, -0.2) is 9.78 Å². The zero-order valence-electron chi connectivity index (χ0n) is 27.9. The van der Waals surface area contributed by atoms with Crippen molar-refractivity contribution < 1.29 is 19.1 Å². The molecule has 2 heterocycles. The zero-order chi connectivity index (χ0) is 32.8. The Kier molecular flexibility index (Phi) is 8.69. The number of nitrogens with one attached hydrogen (secondary N) is 1. The smallest absolute Gasteiger partial charge is 0.409 e. The Labute approximate surface area is 276 Å². The van der Waals surface area contributed by atoms with Gasteiger partial charge in [0, 0.05) is 41.2 Å². The average Bonchev–Trinajstić information content (AvgIpc) is 2.97. The van der Waals surface area contributed by atoms with Crippen LogP contribution in [0, 0.1) is 24.7 Å². The van der Waals surface area contributed by atoms with Gasteiger partial charge in [0.15, 0.2) is 0 Å². The fourth-order valence-corrected chi connectivity index (χ4v) is 8.20. The van der Waals surface area contributed by atoms with Crippen molar-refractivity contribution >= 4 is 29.9 Å². The molecule has 0 saturated heterocycles. The van der Waals surface area contributed by atoms with Crippen molar-refractivity contribution in [2.45, 2.75) is 89.7 Å². The Balaban J connectivity index is 1.34. The van der Waals surface area contributed by atoms with Crippen molar-refractivity contribution in [2.75, 3.05) is 25.5 Å². The van der Waals surface area contributed by atoms with Crippen molar-refractivity contribution in [2.24, 2.45) is 10.8 Å². The first-order valence-electron chi connectivity index (χ1n) is 16.1. The standard InChI is InChI=1S/C36H45N5O4S/c1-22-10-8-11-23(2)31(22)29-15-30-38-33(37-29)39-46-28-13-9-12-24(14-28)32(42)41(27(21-45-30)16-35(3,4)5)26-19-36(20-26)17-25(18-36)40(6)34(43)44-7/h8-15,25-27H,16-21H2,1-7H3,(H,37,38,39)/t25?,26?,27-,36?/m1/s1. The summed E-state index contributed by atoms with van der Waals surface area (Å²) in [5, 5.41) is 0. The van der Waals surface area contributed by atoms with Gasteiger partial charge in [0.25, 0.3) is 5.91 Å². The molecule has 0 unspecified atom stereocenters. The van der Waals surface area contributed by atoms with E-state index in [0.717, 1.165) is 59.4 Å². The summed E-state index contributed by atoms with van der Waals surface area (Å²) in [7, 11) is 3.23. The Bertz CT molecular complexity index is 1600. The highest BCUT2D eigenvalue weighted by molar-refractivity contribution is 8.00. The van der Waals surface area contributed by atoms with E-state index >= 15 is 0 Å². The zero-order valence-corrected chi connectivity index (χ0v) is 28.7. The molecule has 6 rings (SSSR count). The van der Waals surface area contributed by atoms with Gasteiger partial charge in [0.1, 0.15) is 6.61 Å². The minimum absolute atomic E-state index is 0.0240. The number of aromatic nitrogens is 2. The fourth-order valence-electron chi connectivity index (χ4n) is 7.57. The summed E-state index contributed by atoms with van der Waals surface area (Å²) in [6.07, 6.45) is 4.16. The third-order valence-electron chi connectivity index (χ3n) is 9.76. The molecule has 4 bridgehead atoms. The minimum atomic E-state index is -0.298. The largest absolute Gasteiger partial charge is 0.475 e. The normalized spacial score (nSPS) is 24.3. The van der Waals surface area contributed by atoms with Crippen molar-refractivity contribution in [1.29, 1.82) is 0 Å². The molecule has 1 aliphatic heterocycles. The number of hydrogen-bond acceptors (Lipinski definition) is 8. The van der Waals surface area contributed by atoms with Gasteiger partial charge in [-0.3, -0.25) is 9.52 Å². The second kappa shape index (κ2) is 12.4. The highest BCUT2D eigenvalue weighted by Gasteiger charge is 2.57. The van der Waals surface area contributed by atoms with Gasteiger partial charge in [-0.1, -0.05) is 45.0 Å². The summed E-state index contributed by atoms with van der Waals surface area (Å²) >= 11 is 1.38. The van der Waals surface area contributed by atoms with Crippen LogP contribution in [-0.4, -0.2) is 70.7 Å². The number of anilines is 1. The van der Waals surface area contributed by atoms with Gasteiger partial charge >= 0.3 is 6.09 Å². The predicted molar refractivity (Wildman–Crippen MR) is 181 cm³/mol. The maximum absolute atomic E-state index is 14.5. The molecule has 1 atom stereocenters. The lowest BCUT2D eigenvalue weighted by Gasteiger charge is -2.62. The molecule has 2 amide bonds. The number of rotatable bonds is 4. The molecule has 0 radical (unpaired) electrons. The van der Waals surface area contributed by atoms with Gasteiger partial charge in [0.2, 0.25) is 11.8 Å². The van der Waals surface area contributed by atoms with Crippen molar-refractivity contribution in [3.63, 3.8) is 0 Å². The summed E-state index contributed by atoms with van der Waals surface area (Å²) in [5.74, 6) is 0.958. The summed E-state index contributed by atoms with van der Waals surface area (Å²) in [6.45, 7) is 11.1. The Hall–Kier alpha value is -3.79. The molecule has 1 N–H and O–H groups in total. The number of nitrogens with zero attached hydrogens (tertiary/aromatic N) is 4. The average molecular weight is 644 g/mol. The highest BCUT2D eigenvalue weighted by atomic mass is 32.2. The Morgan fingerprint density at radius 1 is 1.09 bits per heavy atom. The van der Waals surface area contributed by atoms with Crippen LogP contribution in [0.3, 0.4) is 0 Å². The molecule has 10 heteroatoms. The highest BCUT2D eigenvalue weighted by Crippen LogP contribution is 2.59. The summed E-state index contributed by atoms with van der Waals surface area (Å²) in [4.78, 5) is 41.0. The lowest BCUT2D eigenvalue weighted by molar-refractivity contribution is -0.0981. The third kappa shape index (κ3) is 6.54. The summed E-state index contributed by atoms with van der Waals surface area (Å²) < 4.78 is 14.8. The lowest BCUT2D eigenvalue weighted by atomic mass is 9.51. The Morgan fingerprint density at radius 3 is 2.46 bits per heavy atom. The number of ether oxygens (including phenoxy) is 2. The van der Waals surface area contributed by atoms with Crippen LogP contribution in [0.4, 0.5) is 10.7 Å². The van der Waals surface area contributed by atoms with Gasteiger partial charge in [-0.15, -0.1) is 0 Å². The van der Waals surface area contributed by atoms with Crippen LogP contribution in [0.1, 0.15) is 74.4 Å². The molecule has 2 aromatic carbocycles. The molecule has 46 heavy (non-hydrogen) atoms. The van der Waals surface area contributed by atoms with Crippen LogP contribution in [0.5, 0.6) is 5.88 Å². The van der Waals surface area contributed by atoms with E-state index in [1.165, 1.54) is 19.1 Å². The Morgan fingerprint density at radius 2 is 1.78 bits per heavy atom. The molecule has 244 valence electrons. The minimum Gasteiger partial charge on any atom is -0.475 e. The molecule has 3 aromatic rings. The first kappa shape index (κ1) is 32.2. The van der Waals surface area contributed by atoms with Crippen molar-refractivity contribution in [1.82, 2.24) is 19.8 Å². The molecule has 9 nitrogen and oxygen atoms in total. The number of benzene rings is 2. The molecule has 1 spiro atoms. The number of fused-ring (bicyclic) bond motifs is 4. The predicted octanol–water partition coefficient (Wildman–Crippen LogP) is 7.53. The van der Waals surface area contributed by atoms with E-state index in [-0.39, 0.29) is 41.0 Å². The second-order valence-electron chi connectivity index (χ2n) is 14.6. The van der Waals surface area contributed by atoms with E-state index in [9.17, 15) is 9.59 Å². The summed E-state index contributed by atoms with van der Waals surface area (Å²) in [6, 6.07) is 16.0. The molecular weight excluding hydrogens is 598 g/mol. The van der Waals surface area contributed by atoms with Crippen LogP contribution < -0.4 is 9.46 Å². The number of hydrogen-bond donors (Lipinski definition) is 1. The van der Waals surface area contributed by atoms with E-state index in [2.05, 4.69) is 62.4 Å². The fraction of sp³-hybridized carbons (Fsp3) is 0.500. The number of amides is 2. The molecule has 1 aromatic heterocycles. The maximum atomic E-state index is 14.5. The molecule has 3 aliphatic rings. The van der Waals surface area contributed by atoms with Gasteiger partial charge < -0.3 is 19.3 Å². The number of methoxy groups -OCH3 is 1. The van der Waals surface area contributed by atoms with Crippen LogP contribution in [0.2, 0.25) is 0 Å². The van der Waals surface area contributed by atoms with Crippen molar-refractivity contribution in [3.05, 3.63) is 65.2 Å². The van der Waals surface area contributed by atoms with E-state index < -0.39 is 0 Å². The number of carbonyl (C=O) groups excluding carboxylic acids is 2. The number of aryl methyl sites for hydroxylation is 2. The first-order chi connectivity index (χ1) is 21.8. The van der Waals surface area contributed by atoms with Gasteiger partial charge in [-0.05, 0) is 98.1 Å². The first-order valence-corrected chi connectivity index (χ1v) is 16.9. The molecular formula is C36H45N5O4S. The maximum Gasteiger partial charge on any atom is 0.409 e. The summed E-state index contributed by atoms with van der Waals surface area (Å²) in [5.41, 5.74) is 4.88. The quantitative estimate of drug-likeness (QED) is 0.292. The van der Waals surface area contributed by atoms with Crippen LogP contribution in [0.25, 0.3) is 11.3 Å². The van der Waals surface area contributed by atoms with Crippen molar-refractivity contribution in [3.8, 4) is 17.1 Å². The van der Waals surface area contributed by atoms with E-state index in [1.54, 1.807) is 4.90 Å². The van der Waals surface area contributed by atoms with E-state index in [1.807, 2.05) is 37.4 Å². The second-order valence-corrected chi connectivity index (χ2v) is 15.4. The van der Waals surface area contributed by atoms with Gasteiger partial charge in [0.05, 0.1) is 18.8 Å². The van der Waals surface area contributed by atoms with E-state index in [4.69, 9.17) is 19.4 Å². The molecule has 2 aliphatic carbocycles. The molecule has 2 saturated carbocycles. The molecule has 2 fully saturated rings. The SMILES string of the molecule is COC(=O)N(C)C1CC2(C1)CC(N1C(=O)c3cccc(c3)SNc3nc(cc(-c4c(C)cccc4C)n3)OC[C@H]1CC(C)(C)C)C2. The number of carbonyl (C=O) groups is 2. The van der Waals surface area contributed by atoms with E-state index in [0.29, 0.717) is 24.0 Å². The lowest BCUT2D eigenvalue weighted by Crippen LogP contribution is -2.64. The van der Waals surface area contributed by atoms with Crippen LogP contribution in [-0.2, 0) is 4.74 Å².